The summed E-state index contributed by atoms with van der Waals surface area (Å²) in [6.45, 7) is 7.89. The lowest BCUT2D eigenvalue weighted by Crippen LogP contribution is -1.80. The summed E-state index contributed by atoms with van der Waals surface area (Å²) in [4.78, 5) is 4.42. The molecule has 0 saturated heterocycles. The summed E-state index contributed by atoms with van der Waals surface area (Å²) < 4.78 is 5.63. The van der Waals surface area contributed by atoms with Crippen LogP contribution in [0.4, 0.5) is 0 Å². The Hall–Kier alpha value is -2.35. The number of aryl methyl sites for hydroxylation is 2. The van der Waals surface area contributed by atoms with Gasteiger partial charge in [-0.05, 0) is 37.1 Å². The van der Waals surface area contributed by atoms with Gasteiger partial charge >= 0.3 is 0 Å². The summed E-state index contributed by atoms with van der Waals surface area (Å²) >= 11 is 0. The quantitative estimate of drug-likeness (QED) is 0.605. The van der Waals surface area contributed by atoms with Crippen molar-refractivity contribution in [1.82, 2.24) is 4.98 Å². The van der Waals surface area contributed by atoms with Gasteiger partial charge in [0.25, 0.3) is 0 Å². The van der Waals surface area contributed by atoms with Crippen molar-refractivity contribution in [2.45, 2.75) is 27.7 Å². The summed E-state index contributed by atoms with van der Waals surface area (Å²) in [5.41, 5.74) is 4.37. The molecule has 0 aliphatic carbocycles. The second-order valence-corrected chi connectivity index (χ2v) is 4.60. The Morgan fingerprint density at radius 3 is 1.76 bits per heavy atom. The molecule has 21 heavy (non-hydrogen) atoms. The number of hydrogen-bond donors (Lipinski definition) is 0. The molecular formula is C19H21NO. The van der Waals surface area contributed by atoms with Crippen LogP contribution < -0.4 is 0 Å². The van der Waals surface area contributed by atoms with Crippen molar-refractivity contribution in [1.29, 1.82) is 0 Å². The Labute approximate surface area is 126 Å². The van der Waals surface area contributed by atoms with Crippen molar-refractivity contribution >= 4 is 0 Å². The molecule has 3 aromatic rings. The van der Waals surface area contributed by atoms with Crippen LogP contribution in [0.1, 0.15) is 25.3 Å². The maximum absolute atomic E-state index is 5.63. The lowest BCUT2D eigenvalue weighted by molar-refractivity contribution is 0.541. The van der Waals surface area contributed by atoms with Gasteiger partial charge in [0.2, 0.25) is 5.89 Å². The molecule has 0 radical (unpaired) electrons. The average Bonchev–Trinajstić information content (AvgIpc) is 2.90. The maximum Gasteiger partial charge on any atom is 0.226 e. The van der Waals surface area contributed by atoms with Crippen LogP contribution >= 0.6 is 0 Å². The van der Waals surface area contributed by atoms with Gasteiger partial charge < -0.3 is 4.42 Å². The monoisotopic (exact) mass is 279 g/mol. The third kappa shape index (κ3) is 3.40. The lowest BCUT2D eigenvalue weighted by atomic mass is 10.0. The smallest absolute Gasteiger partial charge is 0.226 e. The van der Waals surface area contributed by atoms with Gasteiger partial charge in [-0.3, -0.25) is 0 Å². The van der Waals surface area contributed by atoms with E-state index in [0.717, 1.165) is 17.0 Å². The highest BCUT2D eigenvalue weighted by Gasteiger charge is 2.08. The first-order valence-corrected chi connectivity index (χ1v) is 7.34. The summed E-state index contributed by atoms with van der Waals surface area (Å²) in [5.74, 6) is 1.57. The van der Waals surface area contributed by atoms with E-state index in [9.17, 15) is 0 Å². The first-order chi connectivity index (χ1) is 10.2. The molecule has 0 unspecified atom stereocenters. The molecule has 0 amide bonds. The zero-order valence-electron chi connectivity index (χ0n) is 13.1. The zero-order chi connectivity index (χ0) is 15.2. The highest BCUT2D eigenvalue weighted by molar-refractivity contribution is 5.67. The van der Waals surface area contributed by atoms with Crippen molar-refractivity contribution in [2.24, 2.45) is 0 Å². The molecule has 0 N–H and O–H groups in total. The van der Waals surface area contributed by atoms with Crippen molar-refractivity contribution in [2.75, 3.05) is 0 Å². The van der Waals surface area contributed by atoms with Crippen LogP contribution in [0, 0.1) is 13.8 Å². The average molecular weight is 279 g/mol. The first kappa shape index (κ1) is 15.0. The van der Waals surface area contributed by atoms with Crippen molar-refractivity contribution < 1.29 is 4.42 Å². The van der Waals surface area contributed by atoms with Crippen LogP contribution in [-0.2, 0) is 0 Å². The molecule has 2 nitrogen and oxygen atoms in total. The van der Waals surface area contributed by atoms with Crippen LogP contribution in [0.15, 0.2) is 59.0 Å². The lowest BCUT2D eigenvalue weighted by Gasteiger charge is -2.02. The van der Waals surface area contributed by atoms with Crippen LogP contribution in [0.25, 0.3) is 22.6 Å². The van der Waals surface area contributed by atoms with E-state index in [-0.39, 0.29) is 0 Å². The minimum absolute atomic E-state index is 0.689. The number of rotatable bonds is 2. The molecule has 3 rings (SSSR count). The largest absolute Gasteiger partial charge is 0.441 e. The molecule has 0 bridgehead atoms. The molecule has 0 fully saturated rings. The van der Waals surface area contributed by atoms with E-state index in [0.29, 0.717) is 5.89 Å². The molecule has 108 valence electrons. The molecule has 0 atom stereocenters. The maximum atomic E-state index is 5.63. The van der Waals surface area contributed by atoms with Gasteiger partial charge in [0.15, 0.2) is 0 Å². The van der Waals surface area contributed by atoms with Gasteiger partial charge in [0.05, 0.1) is 5.69 Å². The minimum atomic E-state index is 0.689. The van der Waals surface area contributed by atoms with E-state index in [4.69, 9.17) is 4.42 Å². The molecule has 1 heterocycles. The zero-order valence-corrected chi connectivity index (χ0v) is 13.1. The first-order valence-electron chi connectivity index (χ1n) is 7.34. The number of benzene rings is 2. The number of oxazole rings is 1. The highest BCUT2D eigenvalue weighted by atomic mass is 16.4. The van der Waals surface area contributed by atoms with E-state index in [1.165, 1.54) is 11.1 Å². The molecule has 2 aromatic carbocycles. The van der Waals surface area contributed by atoms with E-state index in [1.54, 1.807) is 0 Å². The molecular weight excluding hydrogens is 258 g/mol. The molecule has 0 aliphatic rings. The fraction of sp³-hybridized carbons (Fsp3) is 0.211. The van der Waals surface area contributed by atoms with Crippen molar-refractivity contribution in [3.05, 3.63) is 66.1 Å². The van der Waals surface area contributed by atoms with Crippen molar-refractivity contribution in [3.8, 4) is 22.6 Å². The Morgan fingerprint density at radius 1 is 0.714 bits per heavy atom. The van der Waals surface area contributed by atoms with E-state index in [2.05, 4.69) is 29.2 Å². The Kier molecular flexibility index (Phi) is 4.94. The number of nitrogens with zero attached hydrogens (tertiary/aromatic N) is 1. The van der Waals surface area contributed by atoms with Crippen LogP contribution in [0.5, 0.6) is 0 Å². The molecule has 2 heteroatoms. The number of aromatic nitrogens is 1. The van der Waals surface area contributed by atoms with E-state index in [1.807, 2.05) is 58.0 Å². The molecule has 1 aromatic heterocycles. The fourth-order valence-electron chi connectivity index (χ4n) is 2.03. The third-order valence-corrected chi connectivity index (χ3v) is 3.27. The highest BCUT2D eigenvalue weighted by Crippen LogP contribution is 2.25. The van der Waals surface area contributed by atoms with Crippen molar-refractivity contribution in [3.63, 3.8) is 0 Å². The van der Waals surface area contributed by atoms with Gasteiger partial charge in [-0.1, -0.05) is 56.3 Å². The van der Waals surface area contributed by atoms with E-state index < -0.39 is 0 Å². The van der Waals surface area contributed by atoms with Crippen LogP contribution in [0.2, 0.25) is 0 Å². The standard InChI is InChI=1S/C17H15NO.C2H6/c1-12-13(2)19-17(18-12)16-10-8-15(9-11-16)14-6-4-3-5-7-14;1-2/h3-11H,1-2H3;1-2H3. The predicted octanol–water partition coefficient (Wildman–Crippen LogP) is 5.65. The van der Waals surface area contributed by atoms with Crippen LogP contribution in [0.3, 0.4) is 0 Å². The Bertz CT molecular complexity index is 662. The SMILES string of the molecule is CC.Cc1nc(-c2ccc(-c3ccccc3)cc2)oc1C. The second kappa shape index (κ2) is 6.89. The third-order valence-electron chi connectivity index (χ3n) is 3.27. The van der Waals surface area contributed by atoms with Gasteiger partial charge in [-0.25, -0.2) is 4.98 Å². The summed E-state index contributed by atoms with van der Waals surface area (Å²) in [7, 11) is 0. The second-order valence-electron chi connectivity index (χ2n) is 4.60. The van der Waals surface area contributed by atoms with E-state index >= 15 is 0 Å². The molecule has 0 saturated carbocycles. The normalized spacial score (nSPS) is 9.90. The summed E-state index contributed by atoms with van der Waals surface area (Å²) in [6, 6.07) is 18.6. The minimum Gasteiger partial charge on any atom is -0.441 e. The van der Waals surface area contributed by atoms with Gasteiger partial charge in [-0.15, -0.1) is 0 Å². The topological polar surface area (TPSA) is 26.0 Å². The summed E-state index contributed by atoms with van der Waals surface area (Å²) in [6.07, 6.45) is 0. The van der Waals surface area contributed by atoms with Gasteiger partial charge in [0.1, 0.15) is 5.76 Å². The molecule has 0 aliphatic heterocycles. The van der Waals surface area contributed by atoms with Gasteiger partial charge in [0, 0.05) is 5.56 Å². The number of hydrogen-bond acceptors (Lipinski definition) is 2. The van der Waals surface area contributed by atoms with Crippen LogP contribution in [-0.4, -0.2) is 4.98 Å². The fourth-order valence-corrected chi connectivity index (χ4v) is 2.03. The Balaban J connectivity index is 0.000000774. The Morgan fingerprint density at radius 2 is 1.24 bits per heavy atom. The molecule has 0 spiro atoms. The predicted molar refractivity (Wildman–Crippen MR) is 88.2 cm³/mol. The van der Waals surface area contributed by atoms with Gasteiger partial charge in [-0.2, -0.15) is 0 Å². The summed E-state index contributed by atoms with van der Waals surface area (Å²) in [5, 5.41) is 0.